The van der Waals surface area contributed by atoms with Crippen molar-refractivity contribution < 1.29 is 0 Å². The number of anilines is 1. The Hall–Kier alpha value is -1.84. The molecule has 134 valence electrons. The molecule has 0 bridgehead atoms. The van der Waals surface area contributed by atoms with Gasteiger partial charge in [-0.2, -0.15) is 0 Å². The van der Waals surface area contributed by atoms with Crippen LogP contribution >= 0.6 is 11.6 Å². The number of fused-ring (bicyclic) bond motifs is 5. The Labute approximate surface area is 160 Å². The van der Waals surface area contributed by atoms with Crippen LogP contribution in [-0.4, -0.2) is 35.1 Å². The van der Waals surface area contributed by atoms with Gasteiger partial charge in [-0.3, -0.25) is 9.88 Å². The summed E-state index contributed by atoms with van der Waals surface area (Å²) < 4.78 is 0. The van der Waals surface area contributed by atoms with Gasteiger partial charge < -0.3 is 4.90 Å². The Morgan fingerprint density at radius 1 is 1.12 bits per heavy atom. The normalized spacial score (nSPS) is 28.0. The van der Waals surface area contributed by atoms with Gasteiger partial charge in [-0.05, 0) is 79.8 Å². The molecule has 0 aliphatic carbocycles. The lowest BCUT2D eigenvalue weighted by Gasteiger charge is -2.41. The van der Waals surface area contributed by atoms with Crippen LogP contribution in [0.5, 0.6) is 0 Å². The molecule has 0 spiro atoms. The SMILES string of the molecule is C/C(=C\N1c2ccc(Cl)cc2C2C3CCCN3CCC21)c1ccncc1. The molecule has 1 aromatic heterocycles. The Morgan fingerprint density at radius 2 is 1.96 bits per heavy atom. The third kappa shape index (κ3) is 2.57. The van der Waals surface area contributed by atoms with Crippen LogP contribution in [0.4, 0.5) is 5.69 Å². The molecule has 0 N–H and O–H groups in total. The zero-order valence-corrected chi connectivity index (χ0v) is 15.9. The first-order chi connectivity index (χ1) is 12.7. The Kier molecular flexibility index (Phi) is 4.02. The van der Waals surface area contributed by atoms with E-state index in [-0.39, 0.29) is 0 Å². The van der Waals surface area contributed by atoms with Crippen molar-refractivity contribution in [2.75, 3.05) is 18.0 Å². The minimum atomic E-state index is 0.541. The van der Waals surface area contributed by atoms with E-state index in [1.54, 1.807) is 0 Å². The maximum Gasteiger partial charge on any atom is 0.0446 e. The molecule has 3 nitrogen and oxygen atoms in total. The molecule has 3 atom stereocenters. The highest BCUT2D eigenvalue weighted by Crippen LogP contribution is 2.51. The third-order valence-corrected chi connectivity index (χ3v) is 6.64. The van der Waals surface area contributed by atoms with Gasteiger partial charge >= 0.3 is 0 Å². The molecule has 2 fully saturated rings. The Balaban J connectivity index is 1.58. The van der Waals surface area contributed by atoms with Gasteiger partial charge in [0, 0.05) is 53.9 Å². The standard InChI is InChI=1S/C22H24ClN3/c1-15(16-6-9-24-10-7-16)14-26-19-5-4-17(23)13-18(19)22-20-3-2-11-25(20)12-8-21(22)26/h4-7,9-10,13-14,20-22H,2-3,8,11-12H2,1H3/b15-14+. The first-order valence-electron chi connectivity index (χ1n) is 9.63. The number of hydrogen-bond acceptors (Lipinski definition) is 3. The van der Waals surface area contributed by atoms with Gasteiger partial charge in [-0.25, -0.2) is 0 Å². The Morgan fingerprint density at radius 3 is 2.81 bits per heavy atom. The van der Waals surface area contributed by atoms with E-state index in [2.05, 4.69) is 52.2 Å². The van der Waals surface area contributed by atoms with E-state index < -0.39 is 0 Å². The molecule has 0 amide bonds. The van der Waals surface area contributed by atoms with Crippen LogP contribution in [0.25, 0.3) is 5.57 Å². The molecule has 5 rings (SSSR count). The van der Waals surface area contributed by atoms with Crippen molar-refractivity contribution in [2.45, 2.75) is 44.2 Å². The fourth-order valence-corrected chi connectivity index (χ4v) is 5.45. The second-order valence-corrected chi connectivity index (χ2v) is 8.22. The number of aromatic nitrogens is 1. The smallest absolute Gasteiger partial charge is 0.0446 e. The summed E-state index contributed by atoms with van der Waals surface area (Å²) in [6.07, 6.45) is 9.93. The van der Waals surface area contributed by atoms with E-state index in [9.17, 15) is 0 Å². The molecule has 3 unspecified atom stereocenters. The van der Waals surface area contributed by atoms with Gasteiger partial charge in [0.1, 0.15) is 0 Å². The summed E-state index contributed by atoms with van der Waals surface area (Å²) in [5.74, 6) is 0.571. The van der Waals surface area contributed by atoms with Gasteiger partial charge in [0.15, 0.2) is 0 Å². The number of allylic oxidation sites excluding steroid dienone is 1. The van der Waals surface area contributed by atoms with Crippen molar-refractivity contribution >= 4 is 22.9 Å². The number of benzene rings is 1. The van der Waals surface area contributed by atoms with E-state index in [1.807, 2.05) is 18.5 Å². The van der Waals surface area contributed by atoms with Crippen molar-refractivity contribution in [2.24, 2.45) is 0 Å². The first-order valence-corrected chi connectivity index (χ1v) is 10.0. The topological polar surface area (TPSA) is 19.4 Å². The predicted octanol–water partition coefficient (Wildman–Crippen LogP) is 4.94. The van der Waals surface area contributed by atoms with Crippen molar-refractivity contribution in [1.29, 1.82) is 0 Å². The van der Waals surface area contributed by atoms with E-state index in [1.165, 1.54) is 54.7 Å². The van der Waals surface area contributed by atoms with Gasteiger partial charge in [-0.1, -0.05) is 11.6 Å². The van der Waals surface area contributed by atoms with Gasteiger partial charge in [0.05, 0.1) is 0 Å². The monoisotopic (exact) mass is 365 g/mol. The molecule has 0 radical (unpaired) electrons. The zero-order chi connectivity index (χ0) is 17.7. The average Bonchev–Trinajstić information content (AvgIpc) is 3.25. The lowest BCUT2D eigenvalue weighted by atomic mass is 9.82. The fraction of sp³-hybridized carbons (Fsp3) is 0.409. The molecule has 3 aliphatic rings. The maximum absolute atomic E-state index is 6.39. The molecule has 2 aromatic rings. The molecule has 3 aliphatic heterocycles. The molecule has 4 heterocycles. The van der Waals surface area contributed by atoms with Gasteiger partial charge in [0.2, 0.25) is 0 Å². The number of rotatable bonds is 2. The van der Waals surface area contributed by atoms with E-state index in [0.717, 1.165) is 5.02 Å². The molecule has 0 saturated carbocycles. The second kappa shape index (κ2) is 6.40. The number of piperidine rings is 1. The van der Waals surface area contributed by atoms with Gasteiger partial charge in [-0.15, -0.1) is 0 Å². The minimum absolute atomic E-state index is 0.541. The molecule has 26 heavy (non-hydrogen) atoms. The van der Waals surface area contributed by atoms with Crippen molar-refractivity contribution in [3.05, 3.63) is 65.1 Å². The number of hydrogen-bond donors (Lipinski definition) is 0. The van der Waals surface area contributed by atoms with Crippen LogP contribution in [0.1, 0.15) is 43.2 Å². The molecule has 2 saturated heterocycles. The van der Waals surface area contributed by atoms with Crippen LogP contribution in [0.2, 0.25) is 5.02 Å². The van der Waals surface area contributed by atoms with Crippen LogP contribution in [0, 0.1) is 0 Å². The summed E-state index contributed by atoms with van der Waals surface area (Å²) in [7, 11) is 0. The second-order valence-electron chi connectivity index (χ2n) is 7.79. The first kappa shape index (κ1) is 16.3. The van der Waals surface area contributed by atoms with Crippen molar-refractivity contribution in [3.63, 3.8) is 0 Å². The van der Waals surface area contributed by atoms with E-state index in [4.69, 9.17) is 11.6 Å². The lowest BCUT2D eigenvalue weighted by Crippen LogP contribution is -2.48. The molecular formula is C22H24ClN3. The summed E-state index contributed by atoms with van der Waals surface area (Å²) in [5, 5.41) is 0.856. The highest BCUT2D eigenvalue weighted by Gasteiger charge is 2.48. The largest absolute Gasteiger partial charge is 0.344 e. The average molecular weight is 366 g/mol. The molecule has 1 aromatic carbocycles. The number of pyridine rings is 1. The van der Waals surface area contributed by atoms with Crippen LogP contribution in [-0.2, 0) is 0 Å². The minimum Gasteiger partial charge on any atom is -0.344 e. The summed E-state index contributed by atoms with van der Waals surface area (Å²) in [4.78, 5) is 9.38. The lowest BCUT2D eigenvalue weighted by molar-refractivity contribution is 0.161. The highest BCUT2D eigenvalue weighted by molar-refractivity contribution is 6.30. The number of nitrogens with zero attached hydrogens (tertiary/aromatic N) is 3. The molecular weight excluding hydrogens is 342 g/mol. The maximum atomic E-state index is 6.39. The van der Waals surface area contributed by atoms with Crippen LogP contribution in [0.3, 0.4) is 0 Å². The Bertz CT molecular complexity index is 848. The third-order valence-electron chi connectivity index (χ3n) is 6.41. The quantitative estimate of drug-likeness (QED) is 0.751. The summed E-state index contributed by atoms with van der Waals surface area (Å²) in [6.45, 7) is 4.67. The van der Waals surface area contributed by atoms with Crippen molar-refractivity contribution in [1.82, 2.24) is 9.88 Å². The number of halogens is 1. The van der Waals surface area contributed by atoms with Crippen molar-refractivity contribution in [3.8, 4) is 0 Å². The highest BCUT2D eigenvalue weighted by atomic mass is 35.5. The van der Waals surface area contributed by atoms with Crippen LogP contribution in [0.15, 0.2) is 48.9 Å². The van der Waals surface area contributed by atoms with E-state index >= 15 is 0 Å². The summed E-state index contributed by atoms with van der Waals surface area (Å²) in [5.41, 5.74) is 5.30. The summed E-state index contributed by atoms with van der Waals surface area (Å²) >= 11 is 6.39. The van der Waals surface area contributed by atoms with Gasteiger partial charge in [0.25, 0.3) is 0 Å². The molecule has 4 heteroatoms. The van der Waals surface area contributed by atoms with Crippen LogP contribution < -0.4 is 4.90 Å². The van der Waals surface area contributed by atoms with E-state index in [0.29, 0.717) is 18.0 Å². The fourth-order valence-electron chi connectivity index (χ4n) is 5.27. The summed E-state index contributed by atoms with van der Waals surface area (Å²) in [6, 6.07) is 11.8. The zero-order valence-electron chi connectivity index (χ0n) is 15.1. The predicted molar refractivity (Wildman–Crippen MR) is 108 cm³/mol.